The van der Waals surface area contributed by atoms with Crippen molar-refractivity contribution in [3.8, 4) is 0 Å². The summed E-state index contributed by atoms with van der Waals surface area (Å²) in [6, 6.07) is 6.21. The van der Waals surface area contributed by atoms with Crippen molar-refractivity contribution < 1.29 is 19.1 Å². The van der Waals surface area contributed by atoms with Crippen LogP contribution >= 0.6 is 15.9 Å². The maximum atomic E-state index is 12.8. The van der Waals surface area contributed by atoms with E-state index in [9.17, 15) is 14.4 Å². The minimum atomic E-state index is -0.530. The number of nitrogens with one attached hydrogen (secondary N) is 1. The third-order valence-corrected chi connectivity index (χ3v) is 6.21. The van der Waals surface area contributed by atoms with E-state index in [4.69, 9.17) is 4.74 Å². The van der Waals surface area contributed by atoms with E-state index in [1.807, 2.05) is 13.8 Å². The quantitative estimate of drug-likeness (QED) is 0.285. The first-order chi connectivity index (χ1) is 13.8. The largest absolute Gasteiger partial charge is 0.449 e. The average Bonchev–Trinajstić information content (AvgIpc) is 2.93. The molecule has 2 aliphatic rings. The molecule has 156 valence electrons. The van der Waals surface area contributed by atoms with E-state index >= 15 is 0 Å². The second-order valence-corrected chi connectivity index (χ2v) is 9.20. The minimum Gasteiger partial charge on any atom is -0.449 e. The van der Waals surface area contributed by atoms with Crippen LogP contribution in [0, 0.1) is 5.41 Å². The van der Waals surface area contributed by atoms with Gasteiger partial charge in [0.2, 0.25) is 0 Å². The van der Waals surface area contributed by atoms with Gasteiger partial charge in [0.05, 0.1) is 27.7 Å². The number of hydrazone groups is 1. The molecule has 0 saturated carbocycles. The van der Waals surface area contributed by atoms with Gasteiger partial charge in [0.25, 0.3) is 11.8 Å². The molecule has 0 aromatic heterocycles. The molecule has 1 fully saturated rings. The molecule has 0 bridgehead atoms. The van der Waals surface area contributed by atoms with E-state index in [0.29, 0.717) is 16.8 Å². The number of nitrogens with zero attached hydrogens (tertiary/aromatic N) is 2. The Bertz CT molecular complexity index is 817. The summed E-state index contributed by atoms with van der Waals surface area (Å²) in [4.78, 5) is 37.4. The number of hydrogen-bond acceptors (Lipinski definition) is 5. The van der Waals surface area contributed by atoms with Crippen molar-refractivity contribution >= 4 is 39.5 Å². The van der Waals surface area contributed by atoms with Crippen LogP contribution in [0.15, 0.2) is 29.4 Å². The molecule has 1 saturated heterocycles. The number of ether oxygens (including phenoxy) is 1. The Morgan fingerprint density at radius 2 is 1.86 bits per heavy atom. The summed E-state index contributed by atoms with van der Waals surface area (Å²) in [6.07, 6.45) is 3.35. The first kappa shape index (κ1) is 21.5. The van der Waals surface area contributed by atoms with Crippen LogP contribution in [0.2, 0.25) is 0 Å². The first-order valence-electron chi connectivity index (χ1n) is 9.90. The van der Waals surface area contributed by atoms with Gasteiger partial charge in [0, 0.05) is 5.41 Å². The van der Waals surface area contributed by atoms with Crippen molar-refractivity contribution in [1.82, 2.24) is 10.3 Å². The molecule has 0 aliphatic carbocycles. The number of carbonyl (C=O) groups excluding carboxylic acids is 3. The van der Waals surface area contributed by atoms with Crippen LogP contribution in [0.25, 0.3) is 0 Å². The van der Waals surface area contributed by atoms with Crippen LogP contribution < -0.4 is 5.32 Å². The molecule has 0 spiro atoms. The number of amides is 3. The molecule has 8 heteroatoms. The lowest BCUT2D eigenvalue weighted by molar-refractivity contribution is 0.0547. The Kier molecular flexibility index (Phi) is 6.41. The standard InChI is InChI=1S/C21H26BrN3O4/c1-4-5-6-11-15(22)16(17-21(2,3)12-29-20(28)23-17)24-25-18(26)13-9-7-8-10-14(13)19(25)27/h7-10,15,17H,4-6,11-12H2,1-3H3,(H,23,28)/b24-16+/t15-,17-/m0/s1. The third kappa shape index (κ3) is 4.37. The smallest absolute Gasteiger partial charge is 0.407 e. The van der Waals surface area contributed by atoms with Crippen molar-refractivity contribution in [2.75, 3.05) is 6.61 Å². The molecule has 3 amide bonds. The van der Waals surface area contributed by atoms with E-state index in [-0.39, 0.29) is 11.4 Å². The van der Waals surface area contributed by atoms with Gasteiger partial charge in [0.15, 0.2) is 0 Å². The van der Waals surface area contributed by atoms with E-state index in [2.05, 4.69) is 33.3 Å². The van der Waals surface area contributed by atoms with Crippen LogP contribution in [0.1, 0.15) is 67.2 Å². The highest BCUT2D eigenvalue weighted by atomic mass is 79.9. The Morgan fingerprint density at radius 1 is 1.24 bits per heavy atom. The van der Waals surface area contributed by atoms with E-state index in [1.165, 1.54) is 0 Å². The predicted molar refractivity (Wildman–Crippen MR) is 113 cm³/mol. The first-order valence-corrected chi connectivity index (χ1v) is 10.8. The molecule has 2 aliphatic heterocycles. The number of cyclic esters (lactones) is 1. The van der Waals surface area contributed by atoms with Crippen molar-refractivity contribution in [3.63, 3.8) is 0 Å². The molecule has 1 aromatic carbocycles. The van der Waals surface area contributed by atoms with Gasteiger partial charge in [-0.15, -0.1) is 0 Å². The molecule has 1 N–H and O–H groups in total. The number of carbonyl (C=O) groups is 3. The van der Waals surface area contributed by atoms with Gasteiger partial charge in [-0.1, -0.05) is 68.1 Å². The summed E-state index contributed by atoms with van der Waals surface area (Å²) < 4.78 is 5.15. The van der Waals surface area contributed by atoms with Gasteiger partial charge >= 0.3 is 6.09 Å². The summed E-state index contributed by atoms with van der Waals surface area (Å²) >= 11 is 3.69. The Balaban J connectivity index is 1.98. The van der Waals surface area contributed by atoms with Gasteiger partial charge < -0.3 is 10.1 Å². The maximum absolute atomic E-state index is 12.8. The molecule has 2 heterocycles. The van der Waals surface area contributed by atoms with Crippen molar-refractivity contribution in [3.05, 3.63) is 35.4 Å². The number of rotatable bonds is 7. The number of fused-ring (bicyclic) bond motifs is 1. The molecule has 7 nitrogen and oxygen atoms in total. The fourth-order valence-corrected chi connectivity index (χ4v) is 4.25. The Morgan fingerprint density at radius 3 is 2.45 bits per heavy atom. The highest BCUT2D eigenvalue weighted by Crippen LogP contribution is 2.31. The van der Waals surface area contributed by atoms with E-state index in [1.54, 1.807) is 24.3 Å². The number of halogens is 1. The van der Waals surface area contributed by atoms with Crippen LogP contribution in [0.4, 0.5) is 4.79 Å². The molecule has 29 heavy (non-hydrogen) atoms. The van der Waals surface area contributed by atoms with Gasteiger partial charge in [-0.3, -0.25) is 9.59 Å². The van der Waals surface area contributed by atoms with Gasteiger partial charge in [-0.25, -0.2) is 4.79 Å². The lowest BCUT2D eigenvalue weighted by Crippen LogP contribution is -2.59. The number of alkyl halides is 1. The topological polar surface area (TPSA) is 88.1 Å². The summed E-state index contributed by atoms with van der Waals surface area (Å²) in [7, 11) is 0. The zero-order valence-electron chi connectivity index (χ0n) is 16.9. The normalized spacial score (nSPS) is 22.2. The number of hydrogen-bond donors (Lipinski definition) is 1. The number of imide groups is 1. The van der Waals surface area contributed by atoms with Gasteiger partial charge in [-0.05, 0) is 18.6 Å². The highest BCUT2D eigenvalue weighted by molar-refractivity contribution is 9.10. The second-order valence-electron chi connectivity index (χ2n) is 8.10. The van der Waals surface area contributed by atoms with Crippen molar-refractivity contribution in [1.29, 1.82) is 0 Å². The molecule has 0 unspecified atom stereocenters. The van der Waals surface area contributed by atoms with Crippen LogP contribution in [0.5, 0.6) is 0 Å². The average molecular weight is 464 g/mol. The van der Waals surface area contributed by atoms with Crippen LogP contribution in [-0.4, -0.2) is 46.1 Å². The fourth-order valence-electron chi connectivity index (χ4n) is 3.57. The summed E-state index contributed by atoms with van der Waals surface area (Å²) in [6.45, 7) is 6.26. The highest BCUT2D eigenvalue weighted by Gasteiger charge is 2.44. The second kappa shape index (κ2) is 8.65. The predicted octanol–water partition coefficient (Wildman–Crippen LogP) is 4.12. The van der Waals surface area contributed by atoms with Crippen molar-refractivity contribution in [2.24, 2.45) is 10.5 Å². The minimum absolute atomic E-state index is 0.193. The number of alkyl carbamates (subject to hydrolysis) is 1. The van der Waals surface area contributed by atoms with E-state index in [0.717, 1.165) is 30.7 Å². The summed E-state index contributed by atoms with van der Waals surface area (Å²) in [5, 5.41) is 8.27. The zero-order chi connectivity index (χ0) is 21.2. The molecule has 2 atom stereocenters. The van der Waals surface area contributed by atoms with Gasteiger partial charge in [-0.2, -0.15) is 10.1 Å². The molecular formula is C21H26BrN3O4. The molecule has 0 radical (unpaired) electrons. The maximum Gasteiger partial charge on any atom is 0.407 e. The Labute approximate surface area is 179 Å². The van der Waals surface area contributed by atoms with Crippen LogP contribution in [-0.2, 0) is 4.74 Å². The zero-order valence-corrected chi connectivity index (χ0v) is 18.5. The SMILES string of the molecule is CCCCC[C@H](Br)/C(=N\N1C(=O)c2ccccc2C1=O)[C@@H]1NC(=O)OCC1(C)C. The fraction of sp³-hybridized carbons (Fsp3) is 0.524. The summed E-state index contributed by atoms with van der Waals surface area (Å²) in [5.41, 5.74) is 0.778. The molecule has 3 rings (SSSR count). The van der Waals surface area contributed by atoms with Crippen LogP contribution in [0.3, 0.4) is 0 Å². The molecule has 1 aromatic rings. The third-order valence-electron chi connectivity index (χ3n) is 5.28. The molecular weight excluding hydrogens is 438 g/mol. The number of unbranched alkanes of at least 4 members (excludes halogenated alkanes) is 2. The van der Waals surface area contributed by atoms with E-state index < -0.39 is 29.4 Å². The monoisotopic (exact) mass is 463 g/mol. The van der Waals surface area contributed by atoms with Gasteiger partial charge in [0.1, 0.15) is 6.61 Å². The number of benzene rings is 1. The lowest BCUT2D eigenvalue weighted by atomic mass is 9.80. The Hall–Kier alpha value is -2.22. The lowest BCUT2D eigenvalue weighted by Gasteiger charge is -2.40. The summed E-state index contributed by atoms with van der Waals surface area (Å²) in [5.74, 6) is -0.903. The van der Waals surface area contributed by atoms with Crippen molar-refractivity contribution in [2.45, 2.75) is 57.3 Å².